The van der Waals surface area contributed by atoms with E-state index in [2.05, 4.69) is 37.8 Å². The maximum atomic E-state index is 13.5. The van der Waals surface area contributed by atoms with Crippen molar-refractivity contribution in [1.29, 1.82) is 0 Å². The van der Waals surface area contributed by atoms with Gasteiger partial charge in [0.1, 0.15) is 23.4 Å². The number of guanidine groups is 1. The molecule has 3 aliphatic heterocycles. The van der Waals surface area contributed by atoms with Crippen LogP contribution in [0.25, 0.3) is 5.57 Å². The first kappa shape index (κ1) is 26.5. The molecule has 0 radical (unpaired) electrons. The van der Waals surface area contributed by atoms with E-state index < -0.39 is 41.0 Å². The number of carbonyl (C=O) groups is 1. The van der Waals surface area contributed by atoms with E-state index >= 15 is 0 Å². The number of likely N-dealkylation sites (tertiary alicyclic amines) is 1. The molecule has 2 fully saturated rings. The molecule has 4 aliphatic rings. The topological polar surface area (TPSA) is 129 Å². The molecule has 0 aromatic carbocycles. The van der Waals surface area contributed by atoms with Gasteiger partial charge >= 0.3 is 5.69 Å². The van der Waals surface area contributed by atoms with E-state index in [9.17, 15) is 23.2 Å². The summed E-state index contributed by atoms with van der Waals surface area (Å²) in [7, 11) is 1.56. The lowest BCUT2D eigenvalue weighted by atomic mass is 10.1. The Bertz CT molecular complexity index is 1670. The predicted molar refractivity (Wildman–Crippen MR) is 150 cm³/mol. The summed E-state index contributed by atoms with van der Waals surface area (Å²) in [6.07, 6.45) is 1.66. The average Bonchev–Trinajstić information content (AvgIpc) is 3.40. The van der Waals surface area contributed by atoms with Crippen molar-refractivity contribution in [2.45, 2.75) is 32.4 Å². The van der Waals surface area contributed by atoms with Crippen molar-refractivity contribution in [1.82, 2.24) is 24.3 Å². The summed E-state index contributed by atoms with van der Waals surface area (Å²) in [6.45, 7) is 4.39. The lowest BCUT2D eigenvalue weighted by Gasteiger charge is -2.26. The first-order valence-corrected chi connectivity index (χ1v) is 13.3. The third-order valence-electron chi connectivity index (χ3n) is 8.10. The van der Waals surface area contributed by atoms with E-state index in [4.69, 9.17) is 0 Å². The number of alkyl halides is 2. The Morgan fingerprint density at radius 3 is 2.68 bits per heavy atom. The van der Waals surface area contributed by atoms with Gasteiger partial charge in [-0.3, -0.25) is 14.2 Å². The maximum Gasteiger partial charge on any atom is 0.333 e. The predicted octanol–water partition coefficient (Wildman–Crippen LogP) is 0.679. The number of nitrogens with zero attached hydrogens (tertiary/aromatic N) is 6. The number of carbonyl (C=O) groups excluding carboxylic acids is 1. The molecule has 0 bridgehead atoms. The van der Waals surface area contributed by atoms with Gasteiger partial charge in [0.05, 0.1) is 30.7 Å². The van der Waals surface area contributed by atoms with Crippen LogP contribution in [0.2, 0.25) is 0 Å². The molecule has 214 valence electrons. The molecule has 0 spiro atoms. The highest BCUT2D eigenvalue weighted by Gasteiger charge is 2.72. The first-order valence-electron chi connectivity index (χ1n) is 13.3. The summed E-state index contributed by atoms with van der Waals surface area (Å²) < 4.78 is 29.4. The van der Waals surface area contributed by atoms with Gasteiger partial charge in [-0.1, -0.05) is 12.0 Å². The molecule has 14 heteroatoms. The maximum absolute atomic E-state index is 13.5. The van der Waals surface area contributed by atoms with E-state index in [1.807, 2.05) is 4.90 Å². The lowest BCUT2D eigenvalue weighted by molar-refractivity contribution is -0.117. The molecule has 41 heavy (non-hydrogen) atoms. The van der Waals surface area contributed by atoms with Crippen molar-refractivity contribution in [3.05, 3.63) is 50.9 Å². The van der Waals surface area contributed by atoms with Crippen molar-refractivity contribution in [3.63, 3.8) is 0 Å². The van der Waals surface area contributed by atoms with Gasteiger partial charge < -0.3 is 25.8 Å². The highest BCUT2D eigenvalue weighted by Crippen LogP contribution is 2.59. The van der Waals surface area contributed by atoms with E-state index in [-0.39, 0.29) is 18.9 Å². The fourth-order valence-corrected chi connectivity index (χ4v) is 5.57. The molecule has 2 unspecified atom stereocenters. The standard InChI is InChI=1S/C27H29F2N9O3/c1-4-5-9-37-24(40)21-22(35(3)26(37)41)32-14-38(21)15(2)23(39)34-20-8-6-7-19(33-20)16-10-30-25(31-11-16)36-12-17-18(13-36)27(17,28)29/h6-8,10,15,17-18,32H,9,11-14H2,1-3H3,(H,30,31)(H,33,34,39)/t15-,17?,18?/m0/s1. The lowest BCUT2D eigenvalue weighted by Crippen LogP contribution is -2.46. The van der Waals surface area contributed by atoms with Crippen molar-refractivity contribution in [2.24, 2.45) is 23.9 Å². The second kappa shape index (κ2) is 9.76. The summed E-state index contributed by atoms with van der Waals surface area (Å²) in [5.41, 5.74) is 0.588. The Balaban J connectivity index is 1.16. The number of nitrogens with one attached hydrogen (secondary N) is 3. The van der Waals surface area contributed by atoms with Gasteiger partial charge in [-0.15, -0.1) is 5.92 Å². The minimum absolute atomic E-state index is 0.0499. The number of amides is 1. The number of aromatic nitrogens is 3. The number of anilines is 3. The van der Waals surface area contributed by atoms with E-state index in [0.717, 1.165) is 10.1 Å². The van der Waals surface area contributed by atoms with Crippen molar-refractivity contribution in [3.8, 4) is 11.8 Å². The van der Waals surface area contributed by atoms with Crippen LogP contribution in [0.3, 0.4) is 0 Å². The molecule has 3 atom stereocenters. The minimum atomic E-state index is -2.55. The Morgan fingerprint density at radius 2 is 2.00 bits per heavy atom. The van der Waals surface area contributed by atoms with Crippen molar-refractivity contribution in [2.75, 3.05) is 41.8 Å². The molecule has 2 aromatic heterocycles. The van der Waals surface area contributed by atoms with E-state index in [0.29, 0.717) is 42.9 Å². The highest BCUT2D eigenvalue weighted by molar-refractivity contribution is 5.97. The Labute approximate surface area is 233 Å². The number of aliphatic imine (C=N–C) groups is 1. The molecule has 1 aliphatic carbocycles. The molecule has 6 rings (SSSR count). The Hall–Kier alpha value is -4.67. The summed E-state index contributed by atoms with van der Waals surface area (Å²) in [4.78, 5) is 51.6. The summed E-state index contributed by atoms with van der Waals surface area (Å²) >= 11 is 0. The van der Waals surface area contributed by atoms with Gasteiger partial charge in [0.25, 0.3) is 11.5 Å². The highest BCUT2D eigenvalue weighted by atomic mass is 19.3. The van der Waals surface area contributed by atoms with Crippen LogP contribution in [0.15, 0.2) is 39.0 Å². The zero-order valence-electron chi connectivity index (χ0n) is 22.7. The van der Waals surface area contributed by atoms with Crippen LogP contribution >= 0.6 is 0 Å². The van der Waals surface area contributed by atoms with Gasteiger partial charge in [0.15, 0.2) is 5.96 Å². The quantitative estimate of drug-likeness (QED) is 0.452. The monoisotopic (exact) mass is 565 g/mol. The normalized spacial score (nSPS) is 22.3. The number of rotatable bonds is 5. The molecule has 1 amide bonds. The third kappa shape index (κ3) is 4.41. The van der Waals surface area contributed by atoms with E-state index in [1.54, 1.807) is 50.2 Å². The number of hydrogen-bond acceptors (Lipinski definition) is 9. The zero-order valence-corrected chi connectivity index (χ0v) is 22.7. The van der Waals surface area contributed by atoms with Gasteiger partial charge in [-0.2, -0.15) is 0 Å². The number of pyridine rings is 1. The van der Waals surface area contributed by atoms with Gasteiger partial charge in [-0.05, 0) is 26.0 Å². The fourth-order valence-electron chi connectivity index (χ4n) is 5.57. The SMILES string of the molecule is CC#CCn1c(=O)c2c(n(C)c1=O)NCN2[C@@H](C)C(=O)Nc1cccc(C2=CN=C(N3CC4C(C3)C4(F)F)NC2)n1. The molecule has 2 aromatic rings. The van der Waals surface area contributed by atoms with Gasteiger partial charge in [-0.25, -0.2) is 28.1 Å². The minimum Gasteiger partial charge on any atom is -0.352 e. The molecule has 1 saturated heterocycles. The largest absolute Gasteiger partial charge is 0.352 e. The summed E-state index contributed by atoms with van der Waals surface area (Å²) in [6, 6.07) is 4.44. The van der Waals surface area contributed by atoms with Crippen LogP contribution in [-0.2, 0) is 18.4 Å². The van der Waals surface area contributed by atoms with Crippen LogP contribution in [0.1, 0.15) is 19.5 Å². The summed E-state index contributed by atoms with van der Waals surface area (Å²) in [5.74, 6) is 2.56. The molecule has 3 N–H and O–H groups in total. The van der Waals surface area contributed by atoms with Crippen LogP contribution in [0.4, 0.5) is 26.1 Å². The van der Waals surface area contributed by atoms with Gasteiger partial charge in [0.2, 0.25) is 5.91 Å². The number of piperidine rings is 1. The van der Waals surface area contributed by atoms with Crippen LogP contribution in [0.5, 0.6) is 0 Å². The zero-order chi connectivity index (χ0) is 29.1. The molecule has 5 heterocycles. The van der Waals surface area contributed by atoms with Crippen LogP contribution in [-0.4, -0.2) is 69.2 Å². The molecular weight excluding hydrogens is 536 g/mol. The first-order chi connectivity index (χ1) is 19.6. The number of fused-ring (bicyclic) bond motifs is 2. The van der Waals surface area contributed by atoms with Gasteiger partial charge in [0, 0.05) is 38.5 Å². The third-order valence-corrected chi connectivity index (χ3v) is 8.10. The number of halogens is 2. The van der Waals surface area contributed by atoms with Crippen LogP contribution in [0, 0.1) is 23.7 Å². The fraction of sp³-hybridized carbons (Fsp3) is 0.444. The second-order valence-electron chi connectivity index (χ2n) is 10.5. The smallest absolute Gasteiger partial charge is 0.333 e. The number of hydrogen-bond donors (Lipinski definition) is 3. The van der Waals surface area contributed by atoms with E-state index in [1.165, 1.54) is 4.57 Å². The second-order valence-corrected chi connectivity index (χ2v) is 10.5. The molecule has 1 saturated carbocycles. The molecular formula is C27H29F2N9O3. The Morgan fingerprint density at radius 1 is 1.24 bits per heavy atom. The van der Waals surface area contributed by atoms with Crippen molar-refractivity contribution < 1.29 is 13.6 Å². The summed E-state index contributed by atoms with van der Waals surface area (Å²) in [5, 5.41) is 9.05. The van der Waals surface area contributed by atoms with Crippen LogP contribution < -0.4 is 32.1 Å². The Kier molecular flexibility index (Phi) is 6.32. The average molecular weight is 566 g/mol. The van der Waals surface area contributed by atoms with Crippen molar-refractivity contribution >= 4 is 34.8 Å². The molecule has 12 nitrogen and oxygen atoms in total.